The Bertz CT molecular complexity index is 848. The molecule has 20 heavy (non-hydrogen) atoms. The van der Waals surface area contributed by atoms with Gasteiger partial charge in [-0.15, -0.1) is 11.3 Å². The zero-order chi connectivity index (χ0) is 13.4. The van der Waals surface area contributed by atoms with Crippen molar-refractivity contribution in [2.45, 2.75) is 0 Å². The molecule has 4 rings (SSSR count). The van der Waals surface area contributed by atoms with Gasteiger partial charge in [-0.2, -0.15) is 5.10 Å². The summed E-state index contributed by atoms with van der Waals surface area (Å²) in [4.78, 5) is 5.69. The van der Waals surface area contributed by atoms with E-state index in [-0.39, 0.29) is 0 Å². The molecule has 3 heterocycles. The molecule has 0 saturated heterocycles. The molecule has 0 fully saturated rings. The lowest BCUT2D eigenvalue weighted by Crippen LogP contribution is -1.94. The van der Waals surface area contributed by atoms with E-state index in [4.69, 9.17) is 0 Å². The predicted molar refractivity (Wildman–Crippen MR) is 81.7 cm³/mol. The monoisotopic (exact) mass is 277 g/mol. The van der Waals surface area contributed by atoms with Crippen LogP contribution in [0.5, 0.6) is 0 Å². The van der Waals surface area contributed by atoms with Crippen molar-refractivity contribution < 1.29 is 0 Å². The van der Waals surface area contributed by atoms with Crippen LogP contribution in [-0.4, -0.2) is 14.6 Å². The number of hydrogen-bond donors (Lipinski definition) is 0. The molecule has 0 unspecified atom stereocenters. The van der Waals surface area contributed by atoms with Gasteiger partial charge in [0.15, 0.2) is 5.65 Å². The highest BCUT2D eigenvalue weighted by Gasteiger charge is 2.11. The van der Waals surface area contributed by atoms with Gasteiger partial charge in [-0.1, -0.05) is 36.4 Å². The van der Waals surface area contributed by atoms with Gasteiger partial charge in [-0.05, 0) is 23.1 Å². The molecular weight excluding hydrogens is 266 g/mol. The first kappa shape index (κ1) is 11.4. The average Bonchev–Trinajstić information content (AvgIpc) is 3.17. The first-order chi connectivity index (χ1) is 9.93. The van der Waals surface area contributed by atoms with Crippen molar-refractivity contribution in [3.8, 4) is 21.7 Å². The van der Waals surface area contributed by atoms with Crippen molar-refractivity contribution in [1.82, 2.24) is 14.6 Å². The molecule has 3 nitrogen and oxygen atoms in total. The Kier molecular flexibility index (Phi) is 2.60. The van der Waals surface area contributed by atoms with Crippen LogP contribution >= 0.6 is 11.3 Å². The van der Waals surface area contributed by atoms with Crippen LogP contribution in [0.1, 0.15) is 0 Å². The van der Waals surface area contributed by atoms with Crippen LogP contribution in [0.3, 0.4) is 0 Å². The predicted octanol–water partition coefficient (Wildman–Crippen LogP) is 4.12. The van der Waals surface area contributed by atoms with E-state index in [0.717, 1.165) is 22.5 Å². The fourth-order valence-corrected chi connectivity index (χ4v) is 3.06. The zero-order valence-electron chi connectivity index (χ0n) is 10.6. The van der Waals surface area contributed by atoms with Gasteiger partial charge in [0.25, 0.3) is 0 Å². The molecule has 4 heteroatoms. The second-order valence-corrected chi connectivity index (χ2v) is 5.41. The van der Waals surface area contributed by atoms with Crippen molar-refractivity contribution in [3.63, 3.8) is 0 Å². The van der Waals surface area contributed by atoms with Crippen molar-refractivity contribution in [1.29, 1.82) is 0 Å². The summed E-state index contributed by atoms with van der Waals surface area (Å²) in [6.45, 7) is 0. The Morgan fingerprint density at radius 1 is 0.950 bits per heavy atom. The molecule has 0 N–H and O–H groups in total. The summed E-state index contributed by atoms with van der Waals surface area (Å²) in [5, 5.41) is 6.58. The molecule has 4 aromatic rings. The molecule has 0 bridgehead atoms. The summed E-state index contributed by atoms with van der Waals surface area (Å²) in [5.41, 5.74) is 4.16. The van der Waals surface area contributed by atoms with E-state index in [0.29, 0.717) is 0 Å². The number of rotatable bonds is 2. The molecule has 0 aliphatic heterocycles. The second kappa shape index (κ2) is 4.58. The van der Waals surface area contributed by atoms with Crippen LogP contribution in [0.25, 0.3) is 27.3 Å². The first-order valence-electron chi connectivity index (χ1n) is 6.35. The number of fused-ring (bicyclic) bond motifs is 1. The van der Waals surface area contributed by atoms with Crippen LogP contribution in [0.15, 0.2) is 66.3 Å². The largest absolute Gasteiger partial charge is 0.236 e. The van der Waals surface area contributed by atoms with Gasteiger partial charge in [0.2, 0.25) is 0 Å². The maximum atomic E-state index is 4.51. The van der Waals surface area contributed by atoms with E-state index in [1.54, 1.807) is 11.3 Å². The summed E-state index contributed by atoms with van der Waals surface area (Å²) < 4.78 is 1.91. The van der Waals surface area contributed by atoms with Gasteiger partial charge >= 0.3 is 0 Å². The van der Waals surface area contributed by atoms with Crippen LogP contribution in [0.2, 0.25) is 0 Å². The Hall–Kier alpha value is -2.46. The Morgan fingerprint density at radius 2 is 1.85 bits per heavy atom. The molecule has 0 atom stereocenters. The molecule has 3 aromatic heterocycles. The fraction of sp³-hybridized carbons (Fsp3) is 0. The zero-order valence-corrected chi connectivity index (χ0v) is 11.4. The molecule has 0 amide bonds. The average molecular weight is 277 g/mol. The van der Waals surface area contributed by atoms with E-state index in [9.17, 15) is 0 Å². The number of thiophene rings is 1. The molecular formula is C16H11N3S. The topological polar surface area (TPSA) is 30.2 Å². The van der Waals surface area contributed by atoms with Crippen molar-refractivity contribution >= 4 is 17.0 Å². The van der Waals surface area contributed by atoms with E-state index in [1.165, 1.54) is 4.88 Å². The third-order valence-electron chi connectivity index (χ3n) is 3.26. The van der Waals surface area contributed by atoms with E-state index in [1.807, 2.05) is 47.2 Å². The van der Waals surface area contributed by atoms with Crippen LogP contribution in [0, 0.1) is 0 Å². The van der Waals surface area contributed by atoms with E-state index >= 15 is 0 Å². The lowest BCUT2D eigenvalue weighted by atomic mass is 10.1. The van der Waals surface area contributed by atoms with Crippen molar-refractivity contribution in [3.05, 3.63) is 66.3 Å². The summed E-state index contributed by atoms with van der Waals surface area (Å²) in [6.07, 6.45) is 3.73. The molecule has 0 saturated carbocycles. The number of aromatic nitrogens is 3. The summed E-state index contributed by atoms with van der Waals surface area (Å²) in [5.74, 6) is 0. The molecule has 0 aliphatic rings. The van der Waals surface area contributed by atoms with Crippen LogP contribution in [-0.2, 0) is 0 Å². The lowest BCUT2D eigenvalue weighted by Gasteiger charge is -2.02. The third kappa shape index (κ3) is 1.73. The van der Waals surface area contributed by atoms with E-state index < -0.39 is 0 Å². The van der Waals surface area contributed by atoms with Gasteiger partial charge in [0, 0.05) is 11.8 Å². The third-order valence-corrected chi connectivity index (χ3v) is 4.15. The Labute approximate surface area is 120 Å². The van der Waals surface area contributed by atoms with Gasteiger partial charge in [0.05, 0.1) is 16.8 Å². The molecule has 0 radical (unpaired) electrons. The molecule has 0 aliphatic carbocycles. The standard InChI is InChI=1S/C16H11N3S/c1-2-5-12(6-3-1)13-11-18-19-14(8-9-17-16(13)19)15-7-4-10-20-15/h1-11H. The normalized spacial score (nSPS) is 11.0. The van der Waals surface area contributed by atoms with Crippen LogP contribution < -0.4 is 0 Å². The van der Waals surface area contributed by atoms with Crippen molar-refractivity contribution in [2.24, 2.45) is 0 Å². The number of hydrogen-bond acceptors (Lipinski definition) is 3. The van der Waals surface area contributed by atoms with Gasteiger partial charge < -0.3 is 0 Å². The smallest absolute Gasteiger partial charge is 0.163 e. The summed E-state index contributed by atoms with van der Waals surface area (Å²) >= 11 is 1.71. The maximum absolute atomic E-state index is 4.51. The SMILES string of the molecule is c1ccc(-c2cnn3c(-c4cccs4)ccnc23)cc1. The minimum Gasteiger partial charge on any atom is -0.236 e. The summed E-state index contributed by atoms with van der Waals surface area (Å²) in [7, 11) is 0. The number of benzene rings is 1. The summed E-state index contributed by atoms with van der Waals surface area (Å²) in [6, 6.07) is 16.4. The minimum atomic E-state index is 0.891. The fourth-order valence-electron chi connectivity index (χ4n) is 2.32. The molecule has 1 aromatic carbocycles. The first-order valence-corrected chi connectivity index (χ1v) is 7.23. The van der Waals surface area contributed by atoms with Gasteiger partial charge in [0.1, 0.15) is 0 Å². The minimum absolute atomic E-state index is 0.891. The molecule has 96 valence electrons. The highest BCUT2D eigenvalue weighted by Crippen LogP contribution is 2.28. The van der Waals surface area contributed by atoms with Gasteiger partial charge in [-0.3, -0.25) is 0 Å². The number of nitrogens with zero attached hydrogens (tertiary/aromatic N) is 3. The Morgan fingerprint density at radius 3 is 2.65 bits per heavy atom. The van der Waals surface area contributed by atoms with Crippen molar-refractivity contribution in [2.75, 3.05) is 0 Å². The lowest BCUT2D eigenvalue weighted by molar-refractivity contribution is 0.950. The van der Waals surface area contributed by atoms with E-state index in [2.05, 4.69) is 33.7 Å². The highest BCUT2D eigenvalue weighted by atomic mass is 32.1. The van der Waals surface area contributed by atoms with Gasteiger partial charge in [-0.25, -0.2) is 9.50 Å². The maximum Gasteiger partial charge on any atom is 0.163 e. The van der Waals surface area contributed by atoms with Crippen LogP contribution in [0.4, 0.5) is 0 Å². The quantitative estimate of drug-likeness (QED) is 0.551. The molecule has 0 spiro atoms. The highest BCUT2D eigenvalue weighted by molar-refractivity contribution is 7.13. The Balaban J connectivity index is 1.97. The second-order valence-electron chi connectivity index (χ2n) is 4.47.